The van der Waals surface area contributed by atoms with Crippen molar-refractivity contribution in [3.8, 4) is 0 Å². The van der Waals surface area contributed by atoms with Crippen LogP contribution in [0.1, 0.15) is 24.5 Å². The molecule has 0 aliphatic heterocycles. The average Bonchev–Trinajstić information content (AvgIpc) is 2.39. The van der Waals surface area contributed by atoms with Gasteiger partial charge in [0, 0.05) is 20.1 Å². The SMILES string of the molecule is CCc1ccc(CN(C)C(=O)NCCC(=O)O)cc1. The summed E-state index contributed by atoms with van der Waals surface area (Å²) in [6, 6.07) is 7.83. The number of nitrogens with one attached hydrogen (secondary N) is 1. The van der Waals surface area contributed by atoms with Crippen LogP contribution in [0.15, 0.2) is 24.3 Å². The molecule has 0 saturated heterocycles. The van der Waals surface area contributed by atoms with Crippen LogP contribution >= 0.6 is 0 Å². The predicted molar refractivity (Wildman–Crippen MR) is 72.9 cm³/mol. The van der Waals surface area contributed by atoms with Gasteiger partial charge < -0.3 is 15.3 Å². The van der Waals surface area contributed by atoms with Gasteiger partial charge in [0.25, 0.3) is 0 Å². The molecule has 104 valence electrons. The highest BCUT2D eigenvalue weighted by molar-refractivity contribution is 5.75. The van der Waals surface area contributed by atoms with E-state index in [0.717, 1.165) is 12.0 Å². The predicted octanol–water partition coefficient (Wildman–Crippen LogP) is 1.87. The lowest BCUT2D eigenvalue weighted by atomic mass is 10.1. The Labute approximate surface area is 113 Å². The normalized spacial score (nSPS) is 10.0. The summed E-state index contributed by atoms with van der Waals surface area (Å²) in [5.41, 5.74) is 2.31. The van der Waals surface area contributed by atoms with Crippen LogP contribution in [0.5, 0.6) is 0 Å². The topological polar surface area (TPSA) is 69.6 Å². The lowest BCUT2D eigenvalue weighted by Crippen LogP contribution is -2.37. The average molecular weight is 264 g/mol. The largest absolute Gasteiger partial charge is 0.481 e. The third kappa shape index (κ3) is 5.42. The molecule has 0 spiro atoms. The van der Waals surface area contributed by atoms with Gasteiger partial charge in [-0.25, -0.2) is 4.79 Å². The van der Waals surface area contributed by atoms with Crippen LogP contribution in [-0.2, 0) is 17.8 Å². The van der Waals surface area contributed by atoms with Crippen molar-refractivity contribution in [1.29, 1.82) is 0 Å². The van der Waals surface area contributed by atoms with E-state index in [1.54, 1.807) is 7.05 Å². The Hall–Kier alpha value is -2.04. The van der Waals surface area contributed by atoms with E-state index in [-0.39, 0.29) is 19.0 Å². The number of carbonyl (C=O) groups is 2. The van der Waals surface area contributed by atoms with Gasteiger partial charge in [-0.15, -0.1) is 0 Å². The molecule has 0 fully saturated rings. The van der Waals surface area contributed by atoms with E-state index >= 15 is 0 Å². The zero-order valence-electron chi connectivity index (χ0n) is 11.3. The molecule has 0 radical (unpaired) electrons. The molecule has 0 unspecified atom stereocenters. The van der Waals surface area contributed by atoms with Gasteiger partial charge in [-0.1, -0.05) is 31.2 Å². The van der Waals surface area contributed by atoms with Crippen LogP contribution < -0.4 is 5.32 Å². The molecule has 0 aliphatic carbocycles. The zero-order valence-corrected chi connectivity index (χ0v) is 11.3. The Morgan fingerprint density at radius 2 is 1.79 bits per heavy atom. The molecule has 0 aromatic heterocycles. The number of nitrogens with zero attached hydrogens (tertiary/aromatic N) is 1. The van der Waals surface area contributed by atoms with Gasteiger partial charge in [-0.2, -0.15) is 0 Å². The first-order chi connectivity index (χ1) is 9.02. The van der Waals surface area contributed by atoms with Crippen molar-refractivity contribution in [2.75, 3.05) is 13.6 Å². The van der Waals surface area contributed by atoms with Gasteiger partial charge in [-0.3, -0.25) is 4.79 Å². The molecule has 19 heavy (non-hydrogen) atoms. The number of benzene rings is 1. The van der Waals surface area contributed by atoms with Crippen molar-refractivity contribution in [3.05, 3.63) is 35.4 Å². The highest BCUT2D eigenvalue weighted by Gasteiger charge is 2.09. The molecule has 1 aromatic carbocycles. The highest BCUT2D eigenvalue weighted by Crippen LogP contribution is 2.07. The van der Waals surface area contributed by atoms with Crippen LogP contribution in [0.2, 0.25) is 0 Å². The molecule has 1 rings (SSSR count). The smallest absolute Gasteiger partial charge is 0.317 e. The van der Waals surface area contributed by atoms with E-state index in [2.05, 4.69) is 12.2 Å². The van der Waals surface area contributed by atoms with E-state index < -0.39 is 5.97 Å². The molecule has 5 nitrogen and oxygen atoms in total. The van der Waals surface area contributed by atoms with Gasteiger partial charge >= 0.3 is 12.0 Å². The summed E-state index contributed by atoms with van der Waals surface area (Å²) in [5.74, 6) is -0.918. The van der Waals surface area contributed by atoms with Crippen molar-refractivity contribution in [3.63, 3.8) is 0 Å². The summed E-state index contributed by atoms with van der Waals surface area (Å²) in [7, 11) is 1.68. The van der Waals surface area contributed by atoms with E-state index in [4.69, 9.17) is 5.11 Å². The number of hydrogen-bond acceptors (Lipinski definition) is 2. The van der Waals surface area contributed by atoms with Crippen molar-refractivity contribution in [2.45, 2.75) is 26.3 Å². The minimum atomic E-state index is -0.918. The minimum Gasteiger partial charge on any atom is -0.481 e. The minimum absolute atomic E-state index is 0.0647. The molecule has 1 aromatic rings. The van der Waals surface area contributed by atoms with Crippen molar-refractivity contribution in [2.24, 2.45) is 0 Å². The summed E-state index contributed by atoms with van der Waals surface area (Å²) in [4.78, 5) is 23.5. The molecular weight excluding hydrogens is 244 g/mol. The van der Waals surface area contributed by atoms with Gasteiger partial charge in [0.15, 0.2) is 0 Å². The Kier molecular flexibility index (Phi) is 5.85. The fraction of sp³-hybridized carbons (Fsp3) is 0.429. The molecule has 2 N–H and O–H groups in total. The molecule has 2 amide bonds. The number of hydrogen-bond donors (Lipinski definition) is 2. The molecular formula is C14H20N2O3. The lowest BCUT2D eigenvalue weighted by Gasteiger charge is -2.18. The van der Waals surface area contributed by atoms with Crippen LogP contribution in [0.3, 0.4) is 0 Å². The van der Waals surface area contributed by atoms with E-state index in [9.17, 15) is 9.59 Å². The molecule has 0 aliphatic rings. The van der Waals surface area contributed by atoms with Crippen LogP contribution in [0.4, 0.5) is 4.79 Å². The van der Waals surface area contributed by atoms with Gasteiger partial charge in [0.2, 0.25) is 0 Å². The lowest BCUT2D eigenvalue weighted by molar-refractivity contribution is -0.136. The molecule has 0 heterocycles. The maximum Gasteiger partial charge on any atom is 0.317 e. The number of aliphatic carboxylic acids is 1. The third-order valence-corrected chi connectivity index (χ3v) is 2.81. The van der Waals surface area contributed by atoms with Gasteiger partial charge in [0.1, 0.15) is 0 Å². The number of aryl methyl sites for hydroxylation is 1. The number of carbonyl (C=O) groups excluding carboxylic acids is 1. The second kappa shape index (κ2) is 7.41. The molecule has 0 atom stereocenters. The Morgan fingerprint density at radius 1 is 1.21 bits per heavy atom. The summed E-state index contributed by atoms with van der Waals surface area (Å²) in [6.45, 7) is 2.74. The monoisotopic (exact) mass is 264 g/mol. The Balaban J connectivity index is 2.42. The van der Waals surface area contributed by atoms with Gasteiger partial charge in [-0.05, 0) is 17.5 Å². The van der Waals surface area contributed by atoms with E-state index in [0.29, 0.717) is 6.54 Å². The first-order valence-electron chi connectivity index (χ1n) is 6.31. The Morgan fingerprint density at radius 3 is 2.32 bits per heavy atom. The molecule has 0 saturated carbocycles. The van der Waals surface area contributed by atoms with Crippen LogP contribution in [0, 0.1) is 0 Å². The van der Waals surface area contributed by atoms with E-state index in [1.165, 1.54) is 10.5 Å². The van der Waals surface area contributed by atoms with Gasteiger partial charge in [0.05, 0.1) is 6.42 Å². The summed E-state index contributed by atoms with van der Waals surface area (Å²) in [5, 5.41) is 11.0. The van der Waals surface area contributed by atoms with Crippen molar-refractivity contribution < 1.29 is 14.7 Å². The molecule has 0 bridgehead atoms. The van der Waals surface area contributed by atoms with Crippen LogP contribution in [-0.4, -0.2) is 35.6 Å². The maximum absolute atomic E-state index is 11.7. The standard InChI is InChI=1S/C14H20N2O3/c1-3-11-4-6-12(7-5-11)10-16(2)14(19)15-9-8-13(17)18/h4-7H,3,8-10H2,1-2H3,(H,15,19)(H,17,18). The second-order valence-electron chi connectivity index (χ2n) is 4.40. The number of rotatable bonds is 6. The maximum atomic E-state index is 11.7. The molecule has 5 heteroatoms. The number of carboxylic acid groups (broad SMARTS) is 1. The van der Waals surface area contributed by atoms with Crippen molar-refractivity contribution in [1.82, 2.24) is 10.2 Å². The first kappa shape index (κ1) is 15.0. The Bertz CT molecular complexity index is 429. The third-order valence-electron chi connectivity index (χ3n) is 2.81. The summed E-state index contributed by atoms with van der Waals surface area (Å²) >= 11 is 0. The first-order valence-corrected chi connectivity index (χ1v) is 6.31. The fourth-order valence-corrected chi connectivity index (χ4v) is 1.64. The summed E-state index contributed by atoms with van der Waals surface area (Å²) in [6.07, 6.45) is 0.927. The quantitative estimate of drug-likeness (QED) is 0.824. The number of amides is 2. The summed E-state index contributed by atoms with van der Waals surface area (Å²) < 4.78 is 0. The second-order valence-corrected chi connectivity index (χ2v) is 4.40. The van der Waals surface area contributed by atoms with E-state index in [1.807, 2.05) is 24.3 Å². The zero-order chi connectivity index (χ0) is 14.3. The number of carboxylic acids is 1. The van der Waals surface area contributed by atoms with Crippen molar-refractivity contribution >= 4 is 12.0 Å². The van der Waals surface area contributed by atoms with Crippen LogP contribution in [0.25, 0.3) is 0 Å². The number of urea groups is 1. The highest BCUT2D eigenvalue weighted by atomic mass is 16.4. The fourth-order valence-electron chi connectivity index (χ4n) is 1.64.